The fourth-order valence-corrected chi connectivity index (χ4v) is 1.96. The third-order valence-corrected chi connectivity index (χ3v) is 3.02. The predicted molar refractivity (Wildman–Crippen MR) is 72.2 cm³/mol. The van der Waals surface area contributed by atoms with Gasteiger partial charge in [0.25, 0.3) is 0 Å². The molecule has 2 aromatic heterocycles. The Morgan fingerprint density at radius 2 is 1.89 bits per heavy atom. The molecular weight excluding hydrogens is 224 g/mol. The molecule has 0 aliphatic rings. The van der Waals surface area contributed by atoms with Crippen molar-refractivity contribution in [1.29, 1.82) is 0 Å². The average Bonchev–Trinajstić information content (AvgIpc) is 2.87. The topological polar surface area (TPSA) is 38.1 Å². The van der Waals surface area contributed by atoms with Gasteiger partial charge in [-0.3, -0.25) is 4.98 Å². The van der Waals surface area contributed by atoms with Crippen LogP contribution in [-0.4, -0.2) is 4.98 Å². The van der Waals surface area contributed by atoms with Crippen molar-refractivity contribution in [2.75, 3.05) is 0 Å². The van der Waals surface area contributed by atoms with E-state index in [9.17, 15) is 0 Å². The molecule has 0 atom stereocenters. The first kappa shape index (κ1) is 12.8. The largest absolute Gasteiger partial charge is 0.465 e. The number of hydrogen-bond donors (Lipinski definition) is 1. The Balaban J connectivity index is 1.88. The van der Waals surface area contributed by atoms with E-state index in [1.54, 1.807) is 0 Å². The van der Waals surface area contributed by atoms with E-state index >= 15 is 0 Å². The molecule has 0 saturated heterocycles. The minimum absolute atomic E-state index is 0.750. The van der Waals surface area contributed by atoms with Gasteiger partial charge in [-0.15, -0.1) is 0 Å². The molecule has 0 aliphatic carbocycles. The van der Waals surface area contributed by atoms with Crippen molar-refractivity contribution in [3.8, 4) is 0 Å². The summed E-state index contributed by atoms with van der Waals surface area (Å²) in [5.74, 6) is 2.03. The van der Waals surface area contributed by atoms with Crippen molar-refractivity contribution >= 4 is 0 Å². The molecule has 0 spiro atoms. The maximum Gasteiger partial charge on any atom is 0.117 e. The first-order chi connectivity index (χ1) is 8.83. The molecule has 2 rings (SSSR count). The van der Waals surface area contributed by atoms with Gasteiger partial charge in [0.2, 0.25) is 0 Å². The van der Waals surface area contributed by atoms with E-state index in [2.05, 4.69) is 30.2 Å². The van der Waals surface area contributed by atoms with Gasteiger partial charge in [0.1, 0.15) is 11.5 Å². The van der Waals surface area contributed by atoms with Crippen molar-refractivity contribution in [3.05, 3.63) is 53.2 Å². The van der Waals surface area contributed by atoms with Crippen molar-refractivity contribution in [3.63, 3.8) is 0 Å². The van der Waals surface area contributed by atoms with Gasteiger partial charge in [-0.05, 0) is 30.2 Å². The first-order valence-corrected chi connectivity index (χ1v) is 6.54. The van der Waals surface area contributed by atoms with Gasteiger partial charge in [-0.1, -0.05) is 19.9 Å². The highest BCUT2D eigenvalue weighted by molar-refractivity contribution is 5.19. The summed E-state index contributed by atoms with van der Waals surface area (Å²) in [4.78, 5) is 4.41. The van der Waals surface area contributed by atoms with Crippen LogP contribution in [0.4, 0.5) is 0 Å². The van der Waals surface area contributed by atoms with Gasteiger partial charge >= 0.3 is 0 Å². The van der Waals surface area contributed by atoms with Crippen LogP contribution in [0, 0.1) is 0 Å². The molecule has 0 amide bonds. The average molecular weight is 244 g/mol. The van der Waals surface area contributed by atoms with Crippen LogP contribution in [0.25, 0.3) is 0 Å². The normalized spacial score (nSPS) is 10.8. The lowest BCUT2D eigenvalue weighted by Gasteiger charge is -2.06. The number of nitrogens with zero attached hydrogens (tertiary/aromatic N) is 1. The smallest absolute Gasteiger partial charge is 0.117 e. The van der Waals surface area contributed by atoms with Crippen LogP contribution in [-0.2, 0) is 25.9 Å². The van der Waals surface area contributed by atoms with Crippen LogP contribution in [0.15, 0.2) is 34.9 Å². The quantitative estimate of drug-likeness (QED) is 0.848. The second-order valence-electron chi connectivity index (χ2n) is 4.29. The number of nitrogens with one attached hydrogen (secondary N) is 1. The van der Waals surface area contributed by atoms with E-state index in [0.29, 0.717) is 0 Å². The Labute approximate surface area is 108 Å². The standard InChI is InChI=1S/C15H20N2O/c1-3-12-6-5-9-17-15(12)11-16-10-14-8-7-13(4-2)18-14/h5-9,16H,3-4,10-11H2,1-2H3. The zero-order chi connectivity index (χ0) is 12.8. The van der Waals surface area contributed by atoms with Crippen LogP contribution in [0.1, 0.15) is 36.6 Å². The van der Waals surface area contributed by atoms with Gasteiger partial charge in [-0.2, -0.15) is 0 Å². The zero-order valence-corrected chi connectivity index (χ0v) is 11.1. The Morgan fingerprint density at radius 1 is 1.06 bits per heavy atom. The van der Waals surface area contributed by atoms with Gasteiger partial charge in [0.05, 0.1) is 12.2 Å². The van der Waals surface area contributed by atoms with E-state index in [1.807, 2.05) is 24.4 Å². The van der Waals surface area contributed by atoms with E-state index < -0.39 is 0 Å². The molecule has 0 radical (unpaired) electrons. The van der Waals surface area contributed by atoms with Crippen LogP contribution in [0.2, 0.25) is 0 Å². The van der Waals surface area contributed by atoms with Gasteiger partial charge in [0.15, 0.2) is 0 Å². The zero-order valence-electron chi connectivity index (χ0n) is 11.1. The highest BCUT2D eigenvalue weighted by Gasteiger charge is 2.03. The molecule has 3 heteroatoms. The first-order valence-electron chi connectivity index (χ1n) is 6.54. The molecule has 0 aliphatic heterocycles. The molecule has 2 heterocycles. The molecule has 96 valence electrons. The lowest BCUT2D eigenvalue weighted by molar-refractivity contribution is 0.449. The third-order valence-electron chi connectivity index (χ3n) is 3.02. The van der Waals surface area contributed by atoms with E-state index in [-0.39, 0.29) is 0 Å². The molecule has 0 aromatic carbocycles. The van der Waals surface area contributed by atoms with Gasteiger partial charge in [-0.25, -0.2) is 0 Å². The number of aromatic nitrogens is 1. The molecule has 3 nitrogen and oxygen atoms in total. The molecule has 1 N–H and O–H groups in total. The van der Waals surface area contributed by atoms with Crippen LogP contribution < -0.4 is 5.32 Å². The Kier molecular flexibility index (Phi) is 4.53. The minimum Gasteiger partial charge on any atom is -0.465 e. The predicted octanol–water partition coefficient (Wildman–Crippen LogP) is 3.09. The Morgan fingerprint density at radius 3 is 2.61 bits per heavy atom. The van der Waals surface area contributed by atoms with E-state index in [1.165, 1.54) is 5.56 Å². The minimum atomic E-state index is 0.750. The fraction of sp³-hybridized carbons (Fsp3) is 0.400. The summed E-state index contributed by atoms with van der Waals surface area (Å²) in [5.41, 5.74) is 2.43. The van der Waals surface area contributed by atoms with Crippen molar-refractivity contribution in [1.82, 2.24) is 10.3 Å². The summed E-state index contributed by atoms with van der Waals surface area (Å²) in [5, 5.41) is 3.37. The molecular formula is C15H20N2O. The molecule has 0 bridgehead atoms. The van der Waals surface area contributed by atoms with Gasteiger partial charge in [0, 0.05) is 19.2 Å². The fourth-order valence-electron chi connectivity index (χ4n) is 1.96. The van der Waals surface area contributed by atoms with Crippen molar-refractivity contribution in [2.24, 2.45) is 0 Å². The lowest BCUT2D eigenvalue weighted by Crippen LogP contribution is -2.14. The van der Waals surface area contributed by atoms with Crippen molar-refractivity contribution in [2.45, 2.75) is 39.8 Å². The van der Waals surface area contributed by atoms with E-state index in [4.69, 9.17) is 4.42 Å². The molecule has 2 aromatic rings. The Bertz CT molecular complexity index is 491. The second-order valence-corrected chi connectivity index (χ2v) is 4.29. The summed E-state index contributed by atoms with van der Waals surface area (Å²) < 4.78 is 5.64. The number of hydrogen-bond acceptors (Lipinski definition) is 3. The summed E-state index contributed by atoms with van der Waals surface area (Å²) in [6.07, 6.45) is 3.81. The maximum absolute atomic E-state index is 5.64. The monoisotopic (exact) mass is 244 g/mol. The Hall–Kier alpha value is -1.61. The lowest BCUT2D eigenvalue weighted by atomic mass is 10.1. The van der Waals surface area contributed by atoms with Crippen LogP contribution >= 0.6 is 0 Å². The molecule has 0 saturated carbocycles. The molecule has 0 fully saturated rings. The number of rotatable bonds is 6. The van der Waals surface area contributed by atoms with Crippen LogP contribution in [0.3, 0.4) is 0 Å². The number of pyridine rings is 1. The molecule has 18 heavy (non-hydrogen) atoms. The maximum atomic E-state index is 5.64. The summed E-state index contributed by atoms with van der Waals surface area (Å²) in [7, 11) is 0. The number of aryl methyl sites for hydroxylation is 2. The highest BCUT2D eigenvalue weighted by atomic mass is 16.3. The summed E-state index contributed by atoms with van der Waals surface area (Å²) in [6.45, 7) is 5.78. The molecule has 0 unspecified atom stereocenters. The van der Waals surface area contributed by atoms with E-state index in [0.717, 1.165) is 43.1 Å². The van der Waals surface area contributed by atoms with Gasteiger partial charge < -0.3 is 9.73 Å². The summed E-state index contributed by atoms with van der Waals surface area (Å²) >= 11 is 0. The van der Waals surface area contributed by atoms with Crippen molar-refractivity contribution < 1.29 is 4.42 Å². The van der Waals surface area contributed by atoms with Crippen LogP contribution in [0.5, 0.6) is 0 Å². The highest BCUT2D eigenvalue weighted by Crippen LogP contribution is 2.09. The SMILES string of the molecule is CCc1ccc(CNCc2ncccc2CC)o1. The summed E-state index contributed by atoms with van der Waals surface area (Å²) in [6, 6.07) is 8.19. The number of furan rings is 1. The second kappa shape index (κ2) is 6.36. The third kappa shape index (κ3) is 3.20.